The van der Waals surface area contributed by atoms with Crippen LogP contribution in [0.5, 0.6) is 0 Å². The van der Waals surface area contributed by atoms with Crippen LogP contribution in [-0.2, 0) is 0 Å². The molecule has 4 aromatic rings. The summed E-state index contributed by atoms with van der Waals surface area (Å²) in [5, 5.41) is 0. The Bertz CT molecular complexity index is 1140. The Hall–Kier alpha value is -4.25. The van der Waals surface area contributed by atoms with E-state index in [9.17, 15) is 14.4 Å². The van der Waals surface area contributed by atoms with Gasteiger partial charge in [-0.2, -0.15) is 0 Å². The fraction of sp³-hybridized carbons (Fsp3) is 0. The van der Waals surface area contributed by atoms with Gasteiger partial charge in [-0.25, -0.2) is 0 Å². The molecule has 0 aliphatic heterocycles. The van der Waals surface area contributed by atoms with Gasteiger partial charge in [0.2, 0.25) is 11.6 Å². The molecular formula is C25H16N2O3. The van der Waals surface area contributed by atoms with Gasteiger partial charge in [0.1, 0.15) is 11.4 Å². The van der Waals surface area contributed by atoms with E-state index in [-0.39, 0.29) is 34.1 Å². The molecule has 2 aromatic carbocycles. The Morgan fingerprint density at radius 2 is 0.867 bits per heavy atom. The number of nitrogens with zero attached hydrogens (tertiary/aromatic N) is 2. The summed E-state index contributed by atoms with van der Waals surface area (Å²) in [4.78, 5) is 47.6. The normalized spacial score (nSPS) is 10.4. The minimum absolute atomic E-state index is 0.0377. The lowest BCUT2D eigenvalue weighted by Crippen LogP contribution is -2.17. The average molecular weight is 392 g/mol. The molecule has 4 rings (SSSR count). The first-order valence-corrected chi connectivity index (χ1v) is 9.31. The van der Waals surface area contributed by atoms with Crippen LogP contribution in [-0.4, -0.2) is 27.3 Å². The molecule has 0 amide bonds. The lowest BCUT2D eigenvalue weighted by Gasteiger charge is -2.10. The van der Waals surface area contributed by atoms with E-state index >= 15 is 0 Å². The quantitative estimate of drug-likeness (QED) is 0.460. The van der Waals surface area contributed by atoms with Crippen molar-refractivity contribution in [3.05, 3.63) is 131 Å². The molecule has 30 heavy (non-hydrogen) atoms. The maximum Gasteiger partial charge on any atom is 0.212 e. The summed E-state index contributed by atoms with van der Waals surface area (Å²) in [6.07, 6.45) is 2.93. The maximum atomic E-state index is 13.4. The first-order valence-electron chi connectivity index (χ1n) is 9.31. The zero-order chi connectivity index (χ0) is 20.9. The van der Waals surface area contributed by atoms with Gasteiger partial charge >= 0.3 is 0 Å². The van der Waals surface area contributed by atoms with Crippen LogP contribution >= 0.6 is 0 Å². The van der Waals surface area contributed by atoms with Gasteiger partial charge in [-0.3, -0.25) is 24.4 Å². The molecule has 0 unspecified atom stereocenters. The molecule has 0 aliphatic carbocycles. The molecule has 0 fully saturated rings. The van der Waals surface area contributed by atoms with Crippen LogP contribution in [0.4, 0.5) is 0 Å². The highest BCUT2D eigenvalue weighted by Gasteiger charge is 2.25. The van der Waals surface area contributed by atoms with E-state index in [0.29, 0.717) is 11.1 Å². The summed E-state index contributed by atoms with van der Waals surface area (Å²) < 4.78 is 0. The SMILES string of the molecule is O=C(c1cccnc1C(=O)c1ccccc1)c1cccnc1C(=O)c1ccccc1. The van der Waals surface area contributed by atoms with Crippen molar-refractivity contribution < 1.29 is 14.4 Å². The van der Waals surface area contributed by atoms with Gasteiger partial charge in [-0.15, -0.1) is 0 Å². The summed E-state index contributed by atoms with van der Waals surface area (Å²) >= 11 is 0. The van der Waals surface area contributed by atoms with Gasteiger partial charge in [0.05, 0.1) is 11.1 Å². The fourth-order valence-corrected chi connectivity index (χ4v) is 3.14. The van der Waals surface area contributed by atoms with E-state index < -0.39 is 5.78 Å². The molecule has 0 spiro atoms. The van der Waals surface area contributed by atoms with Crippen LogP contribution in [0.15, 0.2) is 97.3 Å². The van der Waals surface area contributed by atoms with Crippen LogP contribution < -0.4 is 0 Å². The van der Waals surface area contributed by atoms with Gasteiger partial charge < -0.3 is 0 Å². The number of ketones is 3. The molecule has 2 heterocycles. The van der Waals surface area contributed by atoms with E-state index in [2.05, 4.69) is 9.97 Å². The number of carbonyl (C=O) groups is 3. The second-order valence-electron chi connectivity index (χ2n) is 6.52. The van der Waals surface area contributed by atoms with E-state index in [1.165, 1.54) is 24.5 Å². The molecule has 0 saturated heterocycles. The van der Waals surface area contributed by atoms with Crippen LogP contribution in [0.3, 0.4) is 0 Å². The van der Waals surface area contributed by atoms with Crippen molar-refractivity contribution in [1.29, 1.82) is 0 Å². The molecule has 2 aromatic heterocycles. The Labute approximate surface area is 173 Å². The summed E-state index contributed by atoms with van der Waals surface area (Å²) in [6.45, 7) is 0. The highest BCUT2D eigenvalue weighted by molar-refractivity contribution is 6.22. The third kappa shape index (κ3) is 3.69. The van der Waals surface area contributed by atoms with Crippen molar-refractivity contribution in [3.63, 3.8) is 0 Å². The lowest BCUT2D eigenvalue weighted by molar-refractivity contribution is 0.0989. The molecule has 144 valence electrons. The molecule has 0 aliphatic rings. The number of benzene rings is 2. The van der Waals surface area contributed by atoms with Gasteiger partial charge in [-0.05, 0) is 24.3 Å². The third-order valence-electron chi connectivity index (χ3n) is 4.61. The smallest absolute Gasteiger partial charge is 0.212 e. The molecule has 0 bridgehead atoms. The third-order valence-corrected chi connectivity index (χ3v) is 4.61. The molecule has 5 heteroatoms. The Balaban J connectivity index is 1.77. The van der Waals surface area contributed by atoms with E-state index in [4.69, 9.17) is 0 Å². The van der Waals surface area contributed by atoms with Crippen molar-refractivity contribution in [3.8, 4) is 0 Å². The molecule has 0 atom stereocenters. The van der Waals surface area contributed by atoms with Gasteiger partial charge in [0.25, 0.3) is 0 Å². The van der Waals surface area contributed by atoms with Crippen molar-refractivity contribution in [1.82, 2.24) is 9.97 Å². The Kier molecular flexibility index (Phi) is 5.35. The lowest BCUT2D eigenvalue weighted by atomic mass is 9.94. The molecular weight excluding hydrogens is 376 g/mol. The van der Waals surface area contributed by atoms with Crippen molar-refractivity contribution in [2.75, 3.05) is 0 Å². The number of carbonyl (C=O) groups excluding carboxylic acids is 3. The summed E-state index contributed by atoms with van der Waals surface area (Å²) in [5.41, 5.74) is 1.18. The molecule has 0 radical (unpaired) electrons. The minimum atomic E-state index is -0.477. The summed E-state index contributed by atoms with van der Waals surface area (Å²) in [5.74, 6) is -1.20. The zero-order valence-corrected chi connectivity index (χ0v) is 15.9. The predicted octanol–water partition coefficient (Wildman–Crippen LogP) is 4.17. The number of aromatic nitrogens is 2. The second-order valence-corrected chi connectivity index (χ2v) is 6.52. The van der Waals surface area contributed by atoms with Crippen LogP contribution in [0, 0.1) is 0 Å². The van der Waals surface area contributed by atoms with Crippen LogP contribution in [0.2, 0.25) is 0 Å². The number of hydrogen-bond acceptors (Lipinski definition) is 5. The Morgan fingerprint density at radius 3 is 1.27 bits per heavy atom. The van der Waals surface area contributed by atoms with Crippen LogP contribution in [0.1, 0.15) is 48.0 Å². The summed E-state index contributed by atoms with van der Waals surface area (Å²) in [6, 6.07) is 23.5. The van der Waals surface area contributed by atoms with Crippen molar-refractivity contribution in [2.45, 2.75) is 0 Å². The maximum absolute atomic E-state index is 13.4. The number of hydrogen-bond donors (Lipinski definition) is 0. The van der Waals surface area contributed by atoms with Crippen LogP contribution in [0.25, 0.3) is 0 Å². The largest absolute Gasteiger partial charge is 0.288 e. The standard InChI is InChI=1S/C25H16N2O3/c28-23(17-9-3-1-4-10-17)21-19(13-7-15-26-21)25(30)20-14-8-16-27-22(20)24(29)18-11-5-2-6-12-18/h1-16H. The highest BCUT2D eigenvalue weighted by Crippen LogP contribution is 2.20. The number of rotatable bonds is 6. The average Bonchev–Trinajstić information content (AvgIpc) is 2.84. The molecule has 0 saturated carbocycles. The Morgan fingerprint density at radius 1 is 0.467 bits per heavy atom. The first-order chi connectivity index (χ1) is 14.7. The first kappa shape index (κ1) is 19.1. The fourth-order valence-electron chi connectivity index (χ4n) is 3.14. The van der Waals surface area contributed by atoms with Crippen molar-refractivity contribution in [2.24, 2.45) is 0 Å². The predicted molar refractivity (Wildman–Crippen MR) is 112 cm³/mol. The minimum Gasteiger partial charge on any atom is -0.288 e. The van der Waals surface area contributed by atoms with Gasteiger partial charge in [-0.1, -0.05) is 60.7 Å². The van der Waals surface area contributed by atoms with E-state index in [1.807, 2.05) is 0 Å². The van der Waals surface area contributed by atoms with E-state index in [0.717, 1.165) is 0 Å². The van der Waals surface area contributed by atoms with Gasteiger partial charge in [0.15, 0.2) is 5.78 Å². The summed E-state index contributed by atoms with van der Waals surface area (Å²) in [7, 11) is 0. The second kappa shape index (κ2) is 8.41. The topological polar surface area (TPSA) is 77.0 Å². The molecule has 5 nitrogen and oxygen atoms in total. The van der Waals surface area contributed by atoms with E-state index in [1.54, 1.807) is 72.8 Å². The highest BCUT2D eigenvalue weighted by atomic mass is 16.1. The van der Waals surface area contributed by atoms with Gasteiger partial charge in [0, 0.05) is 23.5 Å². The number of pyridine rings is 2. The molecule has 0 N–H and O–H groups in total. The zero-order valence-electron chi connectivity index (χ0n) is 15.9. The monoisotopic (exact) mass is 392 g/mol. The van der Waals surface area contributed by atoms with Crippen molar-refractivity contribution >= 4 is 17.3 Å².